The van der Waals surface area contributed by atoms with E-state index in [4.69, 9.17) is 27.2 Å². The average molecular weight is 660 g/mol. The molecule has 5 N–H and O–H groups in total. The molecular weight excluding hydrogens is 611 g/mol. The fraction of sp³-hybridized carbons (Fsp3) is 0.500. The molecule has 0 fully saturated rings. The first kappa shape index (κ1) is 42.8. The van der Waals surface area contributed by atoms with Crippen molar-refractivity contribution < 1.29 is 38.9 Å². The van der Waals surface area contributed by atoms with Gasteiger partial charge >= 0.3 is 11.9 Å². The third-order valence-electron chi connectivity index (χ3n) is 6.08. The summed E-state index contributed by atoms with van der Waals surface area (Å²) < 4.78 is 9.23. The number of esters is 2. The summed E-state index contributed by atoms with van der Waals surface area (Å²) in [6.07, 6.45) is 7.75. The van der Waals surface area contributed by atoms with Crippen LogP contribution in [0.3, 0.4) is 0 Å². The van der Waals surface area contributed by atoms with Gasteiger partial charge in [-0.3, -0.25) is 14.4 Å². The molecule has 0 radical (unpaired) electrons. The van der Waals surface area contributed by atoms with Gasteiger partial charge in [-0.15, -0.1) is 12.4 Å². The lowest BCUT2D eigenvalue weighted by molar-refractivity contribution is -0.145. The number of halogens is 2. The summed E-state index contributed by atoms with van der Waals surface area (Å²) in [4.78, 5) is 44.7. The summed E-state index contributed by atoms with van der Waals surface area (Å²) in [7, 11) is 2.61. The number of rotatable bonds is 15. The Morgan fingerprint density at radius 1 is 0.750 bits per heavy atom. The summed E-state index contributed by atoms with van der Waals surface area (Å²) in [6, 6.07) is 11.7. The molecule has 0 spiro atoms. The molecule has 0 saturated carbocycles. The van der Waals surface area contributed by atoms with E-state index in [2.05, 4.69) is 23.9 Å². The molecule has 0 heterocycles. The van der Waals surface area contributed by atoms with Gasteiger partial charge in [-0.2, -0.15) is 0 Å². The SMILES string of the molecule is CCCCCC(=O)Cl.CCCCCC(=O)NC(Cc1ccc(O)cc1)C(=O)OC.COC(=O)C(N)Cc1ccc(O)cc1.Cl. The van der Waals surface area contributed by atoms with E-state index in [1.807, 2.05) is 0 Å². The Labute approximate surface area is 272 Å². The van der Waals surface area contributed by atoms with Crippen LogP contribution in [0.2, 0.25) is 0 Å². The fourth-order valence-electron chi connectivity index (χ4n) is 3.64. The van der Waals surface area contributed by atoms with Crippen LogP contribution in [-0.4, -0.2) is 59.6 Å². The molecule has 2 atom stereocenters. The second kappa shape index (κ2) is 26.1. The number of nitrogens with two attached hydrogens (primary N) is 1. The van der Waals surface area contributed by atoms with Gasteiger partial charge in [0, 0.05) is 19.3 Å². The zero-order chi connectivity index (χ0) is 32.6. The molecule has 0 bridgehead atoms. The molecule has 0 aliphatic rings. The maximum atomic E-state index is 11.8. The Morgan fingerprint density at radius 3 is 1.59 bits per heavy atom. The highest BCUT2D eigenvalue weighted by atomic mass is 35.5. The van der Waals surface area contributed by atoms with Crippen LogP contribution in [0, 0.1) is 0 Å². The van der Waals surface area contributed by atoms with Crippen molar-refractivity contribution in [3.63, 3.8) is 0 Å². The maximum Gasteiger partial charge on any atom is 0.328 e. The van der Waals surface area contributed by atoms with Crippen LogP contribution in [0.5, 0.6) is 11.5 Å². The number of unbranched alkanes of at least 4 members (excludes halogenated alkanes) is 4. The second-order valence-electron chi connectivity index (χ2n) is 9.78. The van der Waals surface area contributed by atoms with Crippen LogP contribution in [0.4, 0.5) is 0 Å². The second-order valence-corrected chi connectivity index (χ2v) is 10.2. The van der Waals surface area contributed by atoms with E-state index in [1.165, 1.54) is 14.2 Å². The summed E-state index contributed by atoms with van der Waals surface area (Å²) in [6.45, 7) is 4.17. The van der Waals surface area contributed by atoms with E-state index in [0.29, 0.717) is 25.7 Å². The first-order chi connectivity index (χ1) is 20.5. The molecule has 0 aliphatic heterocycles. The van der Waals surface area contributed by atoms with Crippen LogP contribution < -0.4 is 11.1 Å². The number of aromatic hydroxyl groups is 2. The van der Waals surface area contributed by atoms with Crippen molar-refractivity contribution in [1.82, 2.24) is 5.32 Å². The molecule has 248 valence electrons. The van der Waals surface area contributed by atoms with E-state index in [-0.39, 0.29) is 35.1 Å². The van der Waals surface area contributed by atoms with Gasteiger partial charge in [0.25, 0.3) is 0 Å². The zero-order valence-electron chi connectivity index (χ0n) is 26.1. The van der Waals surface area contributed by atoms with E-state index in [1.54, 1.807) is 48.5 Å². The highest BCUT2D eigenvalue weighted by Gasteiger charge is 2.21. The first-order valence-electron chi connectivity index (χ1n) is 14.4. The molecular formula is C32H48Cl2N2O8. The molecule has 1 amide bonds. The third kappa shape index (κ3) is 21.4. The largest absolute Gasteiger partial charge is 0.508 e. The molecule has 44 heavy (non-hydrogen) atoms. The number of phenols is 2. The smallest absolute Gasteiger partial charge is 0.328 e. The number of carbonyl (C=O) groups is 4. The highest BCUT2D eigenvalue weighted by Crippen LogP contribution is 2.13. The van der Waals surface area contributed by atoms with Gasteiger partial charge < -0.3 is 30.7 Å². The molecule has 0 aromatic heterocycles. The molecule has 2 aromatic carbocycles. The van der Waals surface area contributed by atoms with E-state index in [0.717, 1.165) is 49.7 Å². The van der Waals surface area contributed by atoms with Crippen molar-refractivity contribution in [1.29, 1.82) is 0 Å². The molecule has 0 aliphatic carbocycles. The van der Waals surface area contributed by atoms with E-state index >= 15 is 0 Å². The predicted octanol–water partition coefficient (Wildman–Crippen LogP) is 5.36. The third-order valence-corrected chi connectivity index (χ3v) is 6.27. The molecule has 2 aromatic rings. The number of phenolic OH excluding ortho intramolecular Hbond substituents is 2. The Kier molecular flexibility index (Phi) is 25.4. The molecule has 2 unspecified atom stereocenters. The normalized spacial score (nSPS) is 11.1. The van der Waals surface area contributed by atoms with E-state index < -0.39 is 24.0 Å². The van der Waals surface area contributed by atoms with Crippen molar-refractivity contribution in [2.45, 2.75) is 90.1 Å². The summed E-state index contributed by atoms with van der Waals surface area (Å²) >= 11 is 5.07. The van der Waals surface area contributed by atoms with Gasteiger partial charge in [-0.1, -0.05) is 63.8 Å². The number of benzene rings is 2. The number of ether oxygens (including phenoxy) is 2. The Hall–Kier alpha value is -3.34. The quantitative estimate of drug-likeness (QED) is 0.112. The number of amides is 1. The predicted molar refractivity (Wildman–Crippen MR) is 174 cm³/mol. The molecule has 0 saturated heterocycles. The number of hydrogen-bond donors (Lipinski definition) is 4. The number of hydrogen-bond acceptors (Lipinski definition) is 9. The Balaban J connectivity index is 0. The minimum absolute atomic E-state index is 0. The zero-order valence-corrected chi connectivity index (χ0v) is 27.6. The standard InChI is InChI=1S/C16H23NO4.C10H13NO3.C6H11ClO.ClH/c1-3-4-5-6-15(19)17-14(16(20)21-2)11-12-7-9-13(18)10-8-12;1-14-10(13)9(11)6-7-2-4-8(12)5-3-7;1-2-3-4-5-6(7)8;/h7-10,14,18H,3-6,11H2,1-2H3,(H,17,19);2-5,9,12H,6,11H2,1H3;2-5H2,1H3;1H. The van der Waals surface area contributed by atoms with Crippen LogP contribution in [-0.2, 0) is 41.5 Å². The minimum atomic E-state index is -0.700. The summed E-state index contributed by atoms with van der Waals surface area (Å²) in [5, 5.41) is 20.8. The average Bonchev–Trinajstić information content (AvgIpc) is 2.99. The van der Waals surface area contributed by atoms with Crippen LogP contribution in [0.15, 0.2) is 48.5 Å². The molecule has 12 heteroatoms. The molecule has 2 rings (SSSR count). The topological polar surface area (TPSA) is 165 Å². The van der Waals surface area contributed by atoms with Gasteiger partial charge in [0.15, 0.2) is 0 Å². The van der Waals surface area contributed by atoms with Gasteiger partial charge in [0.2, 0.25) is 11.1 Å². The van der Waals surface area contributed by atoms with Gasteiger partial charge in [-0.25, -0.2) is 4.79 Å². The summed E-state index contributed by atoms with van der Waals surface area (Å²) in [5.41, 5.74) is 7.29. The fourth-order valence-corrected chi connectivity index (χ4v) is 3.77. The number of methoxy groups -OCH3 is 2. The lowest BCUT2D eigenvalue weighted by Gasteiger charge is -2.16. The maximum absolute atomic E-state index is 11.8. The van der Waals surface area contributed by atoms with E-state index in [9.17, 15) is 24.3 Å². The Morgan fingerprint density at radius 2 is 1.18 bits per heavy atom. The van der Waals surface area contributed by atoms with Crippen LogP contribution >= 0.6 is 24.0 Å². The van der Waals surface area contributed by atoms with Gasteiger partial charge in [0.05, 0.1) is 14.2 Å². The van der Waals surface area contributed by atoms with Crippen molar-refractivity contribution in [3.8, 4) is 11.5 Å². The minimum Gasteiger partial charge on any atom is -0.508 e. The highest BCUT2D eigenvalue weighted by molar-refractivity contribution is 6.63. The van der Waals surface area contributed by atoms with Gasteiger partial charge in [0.1, 0.15) is 23.6 Å². The van der Waals surface area contributed by atoms with Crippen molar-refractivity contribution in [3.05, 3.63) is 59.7 Å². The van der Waals surface area contributed by atoms with Crippen molar-refractivity contribution >= 4 is 47.1 Å². The lowest BCUT2D eigenvalue weighted by Crippen LogP contribution is -2.43. The van der Waals surface area contributed by atoms with Crippen LogP contribution in [0.1, 0.15) is 76.3 Å². The Bertz CT molecular complexity index is 1080. The monoisotopic (exact) mass is 658 g/mol. The molecule has 10 nitrogen and oxygen atoms in total. The first-order valence-corrected chi connectivity index (χ1v) is 14.8. The van der Waals surface area contributed by atoms with Crippen molar-refractivity contribution in [2.75, 3.05) is 14.2 Å². The lowest BCUT2D eigenvalue weighted by atomic mass is 10.1. The van der Waals surface area contributed by atoms with Crippen molar-refractivity contribution in [2.24, 2.45) is 5.73 Å². The van der Waals surface area contributed by atoms with Crippen LogP contribution in [0.25, 0.3) is 0 Å². The summed E-state index contributed by atoms with van der Waals surface area (Å²) in [5.74, 6) is -0.681. The number of carbonyl (C=O) groups excluding carboxylic acids is 4. The number of nitrogens with one attached hydrogen (secondary N) is 1. The van der Waals surface area contributed by atoms with Gasteiger partial charge in [-0.05, 0) is 66.3 Å².